The molecule has 0 bridgehead atoms. The van der Waals surface area contributed by atoms with Crippen LogP contribution in [0.25, 0.3) is 5.57 Å². The first-order chi connectivity index (χ1) is 10.6. The van der Waals surface area contributed by atoms with Crippen molar-refractivity contribution >= 4 is 5.57 Å². The molecule has 2 aliphatic carbocycles. The minimum absolute atomic E-state index is 0.174. The van der Waals surface area contributed by atoms with Crippen molar-refractivity contribution in [3.05, 3.63) is 65.5 Å². The molecular formula is C21H24O. The van der Waals surface area contributed by atoms with Crippen LogP contribution >= 0.6 is 0 Å². The number of aryl methyl sites for hydroxylation is 1. The van der Waals surface area contributed by atoms with E-state index in [2.05, 4.69) is 69.3 Å². The van der Waals surface area contributed by atoms with E-state index in [0.717, 1.165) is 12.8 Å². The molecule has 0 saturated carbocycles. The van der Waals surface area contributed by atoms with Crippen molar-refractivity contribution in [3.8, 4) is 0 Å². The van der Waals surface area contributed by atoms with E-state index in [-0.39, 0.29) is 5.41 Å². The maximum atomic E-state index is 6.39. The molecule has 4 unspecified atom stereocenters. The highest BCUT2D eigenvalue weighted by atomic mass is 16.5. The largest absolute Gasteiger partial charge is 0.493 e. The predicted molar refractivity (Wildman–Crippen MR) is 91.2 cm³/mol. The van der Waals surface area contributed by atoms with Gasteiger partial charge in [0.25, 0.3) is 0 Å². The van der Waals surface area contributed by atoms with Crippen LogP contribution in [-0.4, -0.2) is 6.10 Å². The zero-order valence-electron chi connectivity index (χ0n) is 13.7. The van der Waals surface area contributed by atoms with E-state index in [9.17, 15) is 0 Å². The third kappa shape index (κ3) is 2.06. The van der Waals surface area contributed by atoms with Crippen molar-refractivity contribution in [1.29, 1.82) is 0 Å². The molecule has 1 heterocycles. The van der Waals surface area contributed by atoms with Gasteiger partial charge in [-0.15, -0.1) is 0 Å². The van der Waals surface area contributed by atoms with E-state index in [4.69, 9.17) is 4.74 Å². The van der Waals surface area contributed by atoms with Crippen LogP contribution in [0.1, 0.15) is 37.8 Å². The molecule has 1 nitrogen and oxygen atoms in total. The Morgan fingerprint density at radius 2 is 1.95 bits per heavy atom. The average molecular weight is 292 g/mol. The van der Waals surface area contributed by atoms with Crippen molar-refractivity contribution in [1.82, 2.24) is 0 Å². The Balaban J connectivity index is 1.65. The molecule has 0 N–H and O–H groups in total. The Kier molecular flexibility index (Phi) is 3.07. The molecule has 1 aromatic rings. The number of allylic oxidation sites excluding steroid dienone is 5. The van der Waals surface area contributed by atoms with Crippen molar-refractivity contribution in [2.75, 3.05) is 0 Å². The summed E-state index contributed by atoms with van der Waals surface area (Å²) in [5.41, 5.74) is 4.09. The van der Waals surface area contributed by atoms with Crippen LogP contribution in [0.4, 0.5) is 0 Å². The topological polar surface area (TPSA) is 9.23 Å². The van der Waals surface area contributed by atoms with Gasteiger partial charge in [-0.1, -0.05) is 61.9 Å². The van der Waals surface area contributed by atoms with E-state index in [1.807, 2.05) is 0 Å². The molecule has 22 heavy (non-hydrogen) atoms. The highest BCUT2D eigenvalue weighted by Gasteiger charge is 2.51. The van der Waals surface area contributed by atoms with Crippen LogP contribution < -0.4 is 0 Å². The Hall–Kier alpha value is -1.76. The quantitative estimate of drug-likeness (QED) is 0.640. The summed E-state index contributed by atoms with van der Waals surface area (Å²) in [7, 11) is 0. The van der Waals surface area contributed by atoms with Gasteiger partial charge in [0.1, 0.15) is 11.9 Å². The summed E-state index contributed by atoms with van der Waals surface area (Å²) >= 11 is 0. The van der Waals surface area contributed by atoms with Gasteiger partial charge in [-0.2, -0.15) is 0 Å². The van der Waals surface area contributed by atoms with Crippen LogP contribution in [0.3, 0.4) is 0 Å². The second-order valence-electron chi connectivity index (χ2n) is 7.41. The summed E-state index contributed by atoms with van der Waals surface area (Å²) < 4.78 is 6.39. The van der Waals surface area contributed by atoms with Crippen molar-refractivity contribution in [2.45, 2.75) is 39.7 Å². The standard InChI is InChI=1S/C21H24O/c1-14-4-6-16(7-5-14)17-8-9-18-19(13-17)22-20-12-15(2)10-11-21(18,20)3/h4-8,10-11,13,15,18,20H,9,12H2,1-3H3. The second-order valence-corrected chi connectivity index (χ2v) is 7.41. The van der Waals surface area contributed by atoms with Crippen LogP contribution in [0, 0.1) is 24.2 Å². The first-order valence-corrected chi connectivity index (χ1v) is 8.41. The molecule has 1 fully saturated rings. The summed E-state index contributed by atoms with van der Waals surface area (Å²) in [6.45, 7) is 6.79. The minimum atomic E-state index is 0.174. The van der Waals surface area contributed by atoms with Gasteiger partial charge in [-0.25, -0.2) is 0 Å². The number of benzene rings is 1. The monoisotopic (exact) mass is 292 g/mol. The SMILES string of the molecule is Cc1ccc(C2=CCC3C(=C2)OC2CC(C)C=CC23C)cc1. The third-order valence-electron chi connectivity index (χ3n) is 5.69. The molecule has 1 aromatic carbocycles. The van der Waals surface area contributed by atoms with Gasteiger partial charge in [0.05, 0.1) is 0 Å². The van der Waals surface area contributed by atoms with Crippen molar-refractivity contribution in [2.24, 2.45) is 17.3 Å². The second kappa shape index (κ2) is 4.87. The smallest absolute Gasteiger partial charge is 0.108 e. The Morgan fingerprint density at radius 1 is 1.18 bits per heavy atom. The van der Waals surface area contributed by atoms with E-state index in [1.54, 1.807) is 0 Å². The Labute approximate surface area is 133 Å². The van der Waals surface area contributed by atoms with Gasteiger partial charge >= 0.3 is 0 Å². The molecule has 0 spiro atoms. The maximum Gasteiger partial charge on any atom is 0.108 e. The van der Waals surface area contributed by atoms with E-state index in [1.165, 1.54) is 22.5 Å². The zero-order chi connectivity index (χ0) is 15.3. The molecule has 0 aromatic heterocycles. The summed E-state index contributed by atoms with van der Waals surface area (Å²) in [5, 5.41) is 0. The fourth-order valence-corrected chi connectivity index (χ4v) is 4.13. The fraction of sp³-hybridized carbons (Fsp3) is 0.429. The molecule has 114 valence electrons. The average Bonchev–Trinajstić information content (AvgIpc) is 2.80. The molecule has 0 amide bonds. The summed E-state index contributed by atoms with van der Waals surface area (Å²) in [6, 6.07) is 8.79. The van der Waals surface area contributed by atoms with Crippen LogP contribution in [0.5, 0.6) is 0 Å². The molecule has 4 atom stereocenters. The molecule has 4 rings (SSSR count). The molecule has 1 aliphatic heterocycles. The predicted octanol–water partition coefficient (Wildman–Crippen LogP) is 5.28. The van der Waals surface area contributed by atoms with E-state index in [0.29, 0.717) is 17.9 Å². The highest BCUT2D eigenvalue weighted by molar-refractivity contribution is 5.76. The van der Waals surface area contributed by atoms with E-state index < -0.39 is 0 Å². The third-order valence-corrected chi connectivity index (χ3v) is 5.69. The van der Waals surface area contributed by atoms with Gasteiger partial charge < -0.3 is 4.74 Å². The fourth-order valence-electron chi connectivity index (χ4n) is 4.13. The Morgan fingerprint density at radius 3 is 2.73 bits per heavy atom. The summed E-state index contributed by atoms with van der Waals surface area (Å²) in [5.74, 6) is 2.34. The summed E-state index contributed by atoms with van der Waals surface area (Å²) in [6.07, 6.45) is 12.0. The van der Waals surface area contributed by atoms with Crippen LogP contribution in [0.15, 0.2) is 54.3 Å². The number of hydrogen-bond donors (Lipinski definition) is 0. The zero-order valence-corrected chi connectivity index (χ0v) is 13.7. The highest BCUT2D eigenvalue weighted by Crippen LogP contribution is 2.54. The molecule has 3 aliphatic rings. The molecule has 1 heteroatoms. The maximum absolute atomic E-state index is 6.39. The van der Waals surface area contributed by atoms with Crippen molar-refractivity contribution < 1.29 is 4.74 Å². The van der Waals surface area contributed by atoms with Gasteiger partial charge in [0, 0.05) is 11.3 Å². The first kappa shape index (κ1) is 13.9. The molecule has 1 saturated heterocycles. The number of hydrogen-bond acceptors (Lipinski definition) is 1. The number of rotatable bonds is 1. The lowest BCUT2D eigenvalue weighted by atomic mass is 9.66. The lowest BCUT2D eigenvalue weighted by Crippen LogP contribution is -2.35. The van der Waals surface area contributed by atoms with Crippen LogP contribution in [0.2, 0.25) is 0 Å². The minimum Gasteiger partial charge on any atom is -0.493 e. The lowest BCUT2D eigenvalue weighted by molar-refractivity contribution is 0.0784. The van der Waals surface area contributed by atoms with Crippen molar-refractivity contribution in [3.63, 3.8) is 0 Å². The van der Waals surface area contributed by atoms with Gasteiger partial charge in [-0.05, 0) is 42.9 Å². The molecular weight excluding hydrogens is 268 g/mol. The van der Waals surface area contributed by atoms with E-state index >= 15 is 0 Å². The summed E-state index contributed by atoms with van der Waals surface area (Å²) in [4.78, 5) is 0. The van der Waals surface area contributed by atoms with Crippen LogP contribution in [-0.2, 0) is 4.74 Å². The van der Waals surface area contributed by atoms with Gasteiger partial charge in [-0.3, -0.25) is 0 Å². The molecule has 0 radical (unpaired) electrons. The lowest BCUT2D eigenvalue weighted by Gasteiger charge is -2.35. The normalized spacial score (nSPS) is 36.0. The number of fused-ring (bicyclic) bond motifs is 3. The van der Waals surface area contributed by atoms with Gasteiger partial charge in [0.15, 0.2) is 0 Å². The Bertz CT molecular complexity index is 676. The number of ether oxygens (including phenoxy) is 1. The van der Waals surface area contributed by atoms with Gasteiger partial charge in [0.2, 0.25) is 0 Å². The first-order valence-electron chi connectivity index (χ1n) is 8.41.